The maximum atomic E-state index is 5.25. The molecule has 0 N–H and O–H groups in total. The second kappa shape index (κ2) is 4.77. The first-order chi connectivity index (χ1) is 5.43. The molecule has 0 aliphatic rings. The Balaban J connectivity index is 2.04. The lowest BCUT2D eigenvalue weighted by atomic mass is 10.3. The molecule has 3 nitrogen and oxygen atoms in total. The van der Waals surface area contributed by atoms with Gasteiger partial charge in [0.25, 0.3) is 0 Å². The van der Waals surface area contributed by atoms with Crippen LogP contribution in [0, 0.1) is 0 Å². The molecule has 0 radical (unpaired) electrons. The van der Waals surface area contributed by atoms with E-state index in [2.05, 4.69) is 12.0 Å². The summed E-state index contributed by atoms with van der Waals surface area (Å²) in [5, 5.41) is 3.91. The summed E-state index contributed by atoms with van der Waals surface area (Å²) in [6.07, 6.45) is 7.06. The van der Waals surface area contributed by atoms with Crippen molar-refractivity contribution < 1.29 is 4.84 Å². The predicted octanol–water partition coefficient (Wildman–Crippen LogP) is 1.50. The number of hydrogen-bond donors (Lipinski definition) is 0. The number of unbranched alkanes of at least 4 members (excludes halogenated alkanes) is 2. The van der Waals surface area contributed by atoms with Crippen molar-refractivity contribution in [3.8, 4) is 0 Å². The van der Waals surface area contributed by atoms with Gasteiger partial charge in [-0.1, -0.05) is 19.8 Å². The molecular formula is C8H14N2O. The van der Waals surface area contributed by atoms with Gasteiger partial charge >= 0.3 is 0 Å². The summed E-state index contributed by atoms with van der Waals surface area (Å²) in [6, 6.07) is 1.85. The van der Waals surface area contributed by atoms with Crippen LogP contribution >= 0.6 is 0 Å². The van der Waals surface area contributed by atoms with Crippen LogP contribution < -0.4 is 4.84 Å². The van der Waals surface area contributed by atoms with Gasteiger partial charge in [-0.15, -0.1) is 9.94 Å². The van der Waals surface area contributed by atoms with E-state index in [0.29, 0.717) is 0 Å². The van der Waals surface area contributed by atoms with Gasteiger partial charge in [0.15, 0.2) is 0 Å². The number of aromatic nitrogens is 2. The Bertz CT molecular complexity index is 172. The van der Waals surface area contributed by atoms with Crippen LogP contribution in [0.4, 0.5) is 0 Å². The molecule has 0 saturated carbocycles. The van der Waals surface area contributed by atoms with E-state index < -0.39 is 0 Å². The van der Waals surface area contributed by atoms with E-state index >= 15 is 0 Å². The van der Waals surface area contributed by atoms with E-state index in [-0.39, 0.29) is 0 Å². The van der Waals surface area contributed by atoms with Crippen LogP contribution in [0.25, 0.3) is 0 Å². The SMILES string of the molecule is CCCCCOn1cccn1. The molecule has 0 aliphatic heterocycles. The molecule has 0 aromatic carbocycles. The van der Waals surface area contributed by atoms with Crippen molar-refractivity contribution in [2.24, 2.45) is 0 Å². The average Bonchev–Trinajstić information content (AvgIpc) is 2.50. The zero-order valence-corrected chi connectivity index (χ0v) is 6.86. The number of hydrogen-bond acceptors (Lipinski definition) is 2. The largest absolute Gasteiger partial charge is 0.397 e. The second-order valence-corrected chi connectivity index (χ2v) is 2.45. The third kappa shape index (κ3) is 3.07. The zero-order chi connectivity index (χ0) is 7.94. The second-order valence-electron chi connectivity index (χ2n) is 2.45. The molecular weight excluding hydrogens is 140 g/mol. The van der Waals surface area contributed by atoms with Crippen molar-refractivity contribution in [3.05, 3.63) is 18.5 Å². The summed E-state index contributed by atoms with van der Waals surface area (Å²) >= 11 is 0. The lowest BCUT2D eigenvalue weighted by Gasteiger charge is -2.02. The molecule has 0 amide bonds. The van der Waals surface area contributed by atoms with Crippen LogP contribution in [-0.2, 0) is 0 Å². The van der Waals surface area contributed by atoms with Crippen LogP contribution in [0.1, 0.15) is 26.2 Å². The first-order valence-electron chi connectivity index (χ1n) is 4.06. The minimum absolute atomic E-state index is 0.759. The molecule has 1 rings (SSSR count). The molecule has 0 atom stereocenters. The van der Waals surface area contributed by atoms with Crippen molar-refractivity contribution in [3.63, 3.8) is 0 Å². The molecule has 0 aliphatic carbocycles. The third-order valence-corrected chi connectivity index (χ3v) is 1.45. The quantitative estimate of drug-likeness (QED) is 0.601. The molecule has 62 valence electrons. The monoisotopic (exact) mass is 154 g/mol. The molecule has 3 heteroatoms. The smallest absolute Gasteiger partial charge is 0.117 e. The Labute approximate surface area is 66.9 Å². The van der Waals surface area contributed by atoms with Gasteiger partial charge in [-0.05, 0) is 12.5 Å². The van der Waals surface area contributed by atoms with E-state index in [9.17, 15) is 0 Å². The Morgan fingerprint density at radius 1 is 1.45 bits per heavy atom. The van der Waals surface area contributed by atoms with Crippen molar-refractivity contribution in [2.45, 2.75) is 26.2 Å². The van der Waals surface area contributed by atoms with Crippen LogP contribution in [0.2, 0.25) is 0 Å². The fraction of sp³-hybridized carbons (Fsp3) is 0.625. The summed E-state index contributed by atoms with van der Waals surface area (Å²) in [5.74, 6) is 0. The molecule has 0 fully saturated rings. The molecule has 1 heterocycles. The predicted molar refractivity (Wildman–Crippen MR) is 43.2 cm³/mol. The Morgan fingerprint density at radius 2 is 2.36 bits per heavy atom. The summed E-state index contributed by atoms with van der Waals surface area (Å²) < 4.78 is 0. The van der Waals surface area contributed by atoms with Crippen LogP contribution in [0.5, 0.6) is 0 Å². The topological polar surface area (TPSA) is 27.1 Å². The fourth-order valence-electron chi connectivity index (χ4n) is 0.841. The maximum absolute atomic E-state index is 5.25. The molecule has 0 unspecified atom stereocenters. The van der Waals surface area contributed by atoms with Gasteiger partial charge < -0.3 is 4.84 Å². The van der Waals surface area contributed by atoms with E-state index in [0.717, 1.165) is 13.0 Å². The van der Waals surface area contributed by atoms with Gasteiger partial charge in [-0.25, -0.2) is 0 Å². The standard InChI is InChI=1S/C8H14N2O/c1-2-3-4-8-11-10-7-5-6-9-10/h5-7H,2-4,8H2,1H3. The highest BCUT2D eigenvalue weighted by atomic mass is 16.7. The van der Waals surface area contributed by atoms with E-state index in [1.807, 2.05) is 6.07 Å². The molecule has 0 spiro atoms. The molecule has 0 saturated heterocycles. The number of nitrogens with zero attached hydrogens (tertiary/aromatic N) is 2. The normalized spacial score (nSPS) is 9.91. The number of rotatable bonds is 5. The van der Waals surface area contributed by atoms with Gasteiger partial charge in [0.05, 0.1) is 12.4 Å². The minimum Gasteiger partial charge on any atom is -0.397 e. The maximum Gasteiger partial charge on any atom is 0.117 e. The molecule has 0 bridgehead atoms. The molecule has 1 aromatic heterocycles. The van der Waals surface area contributed by atoms with Crippen molar-refractivity contribution >= 4 is 0 Å². The Morgan fingerprint density at radius 3 is 3.00 bits per heavy atom. The Hall–Kier alpha value is -0.990. The Kier molecular flexibility index (Phi) is 3.52. The van der Waals surface area contributed by atoms with E-state index in [1.54, 1.807) is 12.4 Å². The van der Waals surface area contributed by atoms with Gasteiger partial charge in [0, 0.05) is 0 Å². The van der Waals surface area contributed by atoms with Gasteiger partial charge in [0.1, 0.15) is 6.61 Å². The lowest BCUT2D eigenvalue weighted by molar-refractivity contribution is 0.0795. The van der Waals surface area contributed by atoms with E-state index in [4.69, 9.17) is 4.84 Å². The van der Waals surface area contributed by atoms with Gasteiger partial charge in [-0.2, -0.15) is 0 Å². The molecule has 11 heavy (non-hydrogen) atoms. The van der Waals surface area contributed by atoms with Crippen LogP contribution in [0.3, 0.4) is 0 Å². The highest BCUT2D eigenvalue weighted by Gasteiger charge is 1.88. The lowest BCUT2D eigenvalue weighted by Crippen LogP contribution is -2.12. The summed E-state index contributed by atoms with van der Waals surface area (Å²) in [6.45, 7) is 2.93. The van der Waals surface area contributed by atoms with Gasteiger partial charge in [-0.3, -0.25) is 0 Å². The fourth-order valence-corrected chi connectivity index (χ4v) is 0.841. The third-order valence-electron chi connectivity index (χ3n) is 1.45. The summed E-state index contributed by atoms with van der Waals surface area (Å²) in [7, 11) is 0. The average molecular weight is 154 g/mol. The summed E-state index contributed by atoms with van der Waals surface area (Å²) in [5.41, 5.74) is 0. The van der Waals surface area contributed by atoms with E-state index in [1.165, 1.54) is 17.7 Å². The van der Waals surface area contributed by atoms with Crippen molar-refractivity contribution in [1.29, 1.82) is 0 Å². The highest BCUT2D eigenvalue weighted by Crippen LogP contribution is 1.92. The first kappa shape index (κ1) is 8.11. The zero-order valence-electron chi connectivity index (χ0n) is 6.86. The summed E-state index contributed by atoms with van der Waals surface area (Å²) in [4.78, 5) is 6.75. The minimum atomic E-state index is 0.759. The highest BCUT2D eigenvalue weighted by molar-refractivity contribution is 4.74. The van der Waals surface area contributed by atoms with Crippen molar-refractivity contribution in [1.82, 2.24) is 9.94 Å². The first-order valence-corrected chi connectivity index (χ1v) is 4.06. The van der Waals surface area contributed by atoms with Crippen LogP contribution in [0.15, 0.2) is 18.5 Å². The van der Waals surface area contributed by atoms with Crippen molar-refractivity contribution in [2.75, 3.05) is 6.61 Å². The van der Waals surface area contributed by atoms with Crippen LogP contribution in [-0.4, -0.2) is 16.6 Å². The van der Waals surface area contributed by atoms with Gasteiger partial charge in [0.2, 0.25) is 0 Å². The molecule has 1 aromatic rings.